The number of carbonyl (C=O) groups is 2. The summed E-state index contributed by atoms with van der Waals surface area (Å²) in [6.45, 7) is 1.66. The minimum absolute atomic E-state index is 0.0706. The molecule has 0 heterocycles. The van der Waals surface area contributed by atoms with E-state index in [1.165, 1.54) is 4.90 Å². The Bertz CT molecular complexity index is 860. The predicted molar refractivity (Wildman–Crippen MR) is 106 cm³/mol. The van der Waals surface area contributed by atoms with Gasteiger partial charge in [-0.25, -0.2) is 0 Å². The topological polar surface area (TPSA) is 82.4 Å². The fourth-order valence-corrected chi connectivity index (χ4v) is 2.79. The Morgan fingerprint density at radius 1 is 1.22 bits per heavy atom. The van der Waals surface area contributed by atoms with Gasteiger partial charge < -0.3 is 15.0 Å². The first kappa shape index (κ1) is 20.5. The van der Waals surface area contributed by atoms with Crippen LogP contribution in [0.5, 0.6) is 5.75 Å². The van der Waals surface area contributed by atoms with Gasteiger partial charge in [0, 0.05) is 17.2 Å². The lowest BCUT2D eigenvalue weighted by molar-refractivity contribution is -0.135. The van der Waals surface area contributed by atoms with Crippen LogP contribution in [0.2, 0.25) is 0 Å². The fraction of sp³-hybridized carbons (Fsp3) is 0.250. The number of likely N-dealkylation sites (N-methyl/N-ethyl adjacent to an activating group) is 1. The molecule has 2 rings (SSSR count). The van der Waals surface area contributed by atoms with Crippen LogP contribution in [-0.4, -0.2) is 36.9 Å². The van der Waals surface area contributed by atoms with Crippen LogP contribution in [0.1, 0.15) is 11.1 Å². The van der Waals surface area contributed by atoms with Crippen molar-refractivity contribution < 1.29 is 14.3 Å². The zero-order chi connectivity index (χ0) is 19.8. The lowest BCUT2D eigenvalue weighted by Gasteiger charge is -2.17. The highest BCUT2D eigenvalue weighted by atomic mass is 79.9. The number of rotatable bonds is 7. The summed E-state index contributed by atoms with van der Waals surface area (Å²) in [6, 6.07) is 14.6. The van der Waals surface area contributed by atoms with Crippen LogP contribution in [0.25, 0.3) is 0 Å². The SMILES string of the molecule is Cc1cc(Br)ccc1NC(=O)CN(C)C(=O)COc1ccc(CC#N)cc1. The molecule has 0 atom stereocenters. The van der Waals surface area contributed by atoms with Gasteiger partial charge in [-0.05, 0) is 48.4 Å². The molecule has 0 saturated heterocycles. The Morgan fingerprint density at radius 2 is 1.93 bits per heavy atom. The van der Waals surface area contributed by atoms with Crippen molar-refractivity contribution in [3.63, 3.8) is 0 Å². The van der Waals surface area contributed by atoms with Gasteiger partial charge in [-0.1, -0.05) is 28.1 Å². The first-order valence-corrected chi connectivity index (χ1v) is 9.07. The number of ether oxygens (including phenoxy) is 1. The quantitative estimate of drug-likeness (QED) is 0.731. The molecule has 0 aliphatic rings. The lowest BCUT2D eigenvalue weighted by atomic mass is 10.2. The maximum Gasteiger partial charge on any atom is 0.260 e. The van der Waals surface area contributed by atoms with Crippen molar-refractivity contribution in [1.82, 2.24) is 4.90 Å². The van der Waals surface area contributed by atoms with E-state index in [0.717, 1.165) is 15.6 Å². The molecule has 1 N–H and O–H groups in total. The summed E-state index contributed by atoms with van der Waals surface area (Å²) in [5.41, 5.74) is 2.51. The molecule has 0 unspecified atom stereocenters. The highest BCUT2D eigenvalue weighted by Gasteiger charge is 2.14. The molecule has 0 fully saturated rings. The van der Waals surface area contributed by atoms with Gasteiger partial charge in [0.2, 0.25) is 5.91 Å². The van der Waals surface area contributed by atoms with Gasteiger partial charge in [0.25, 0.3) is 5.91 Å². The second-order valence-corrected chi connectivity index (χ2v) is 6.94. The van der Waals surface area contributed by atoms with Gasteiger partial charge >= 0.3 is 0 Å². The van der Waals surface area contributed by atoms with E-state index >= 15 is 0 Å². The summed E-state index contributed by atoms with van der Waals surface area (Å²) in [5, 5.41) is 11.4. The van der Waals surface area contributed by atoms with E-state index in [1.807, 2.05) is 19.1 Å². The van der Waals surface area contributed by atoms with Crippen molar-refractivity contribution in [3.05, 3.63) is 58.1 Å². The van der Waals surface area contributed by atoms with Crippen LogP contribution in [0.4, 0.5) is 5.69 Å². The summed E-state index contributed by atoms with van der Waals surface area (Å²) >= 11 is 3.38. The van der Waals surface area contributed by atoms with Crippen LogP contribution in [0, 0.1) is 18.3 Å². The Hall–Kier alpha value is -2.85. The van der Waals surface area contributed by atoms with Crippen molar-refractivity contribution in [2.45, 2.75) is 13.3 Å². The molecule has 0 radical (unpaired) electrons. The molecule has 0 saturated carbocycles. The molecular weight excluding hydrogens is 410 g/mol. The third-order valence-electron chi connectivity index (χ3n) is 3.84. The number of anilines is 1. The second kappa shape index (κ2) is 9.74. The lowest BCUT2D eigenvalue weighted by Crippen LogP contribution is -2.37. The van der Waals surface area contributed by atoms with Crippen LogP contribution in [0.3, 0.4) is 0 Å². The Labute approximate surface area is 166 Å². The zero-order valence-electron chi connectivity index (χ0n) is 15.2. The van der Waals surface area contributed by atoms with Gasteiger partial charge in [0.15, 0.2) is 6.61 Å². The predicted octanol–water partition coefficient (Wildman–Crippen LogP) is 3.30. The van der Waals surface area contributed by atoms with Crippen molar-refractivity contribution in [1.29, 1.82) is 5.26 Å². The largest absolute Gasteiger partial charge is 0.484 e. The molecule has 7 heteroatoms. The van der Waals surface area contributed by atoms with Gasteiger partial charge in [-0.3, -0.25) is 9.59 Å². The maximum atomic E-state index is 12.2. The summed E-state index contributed by atoms with van der Waals surface area (Å²) in [7, 11) is 1.55. The molecule has 6 nitrogen and oxygen atoms in total. The number of hydrogen-bond donors (Lipinski definition) is 1. The maximum absolute atomic E-state index is 12.2. The number of carbonyl (C=O) groups excluding carboxylic acids is 2. The summed E-state index contributed by atoms with van der Waals surface area (Å²) in [4.78, 5) is 25.6. The van der Waals surface area contributed by atoms with E-state index < -0.39 is 0 Å². The van der Waals surface area contributed by atoms with Gasteiger partial charge in [-0.15, -0.1) is 0 Å². The molecule has 0 spiro atoms. The van der Waals surface area contributed by atoms with E-state index in [2.05, 4.69) is 27.3 Å². The van der Waals surface area contributed by atoms with Gasteiger partial charge in [0.05, 0.1) is 19.0 Å². The summed E-state index contributed by atoms with van der Waals surface area (Å²) in [5.74, 6) is -0.0516. The van der Waals surface area contributed by atoms with E-state index in [-0.39, 0.29) is 25.0 Å². The highest BCUT2D eigenvalue weighted by molar-refractivity contribution is 9.10. The van der Waals surface area contributed by atoms with Crippen molar-refractivity contribution >= 4 is 33.4 Å². The number of benzene rings is 2. The first-order chi connectivity index (χ1) is 12.9. The molecule has 140 valence electrons. The molecular formula is C20H20BrN3O3. The molecule has 2 aromatic carbocycles. The number of nitrogens with one attached hydrogen (secondary N) is 1. The number of aryl methyl sites for hydroxylation is 1. The molecule has 0 aromatic heterocycles. The molecule has 0 bridgehead atoms. The number of amides is 2. The average Bonchev–Trinajstić information content (AvgIpc) is 2.63. The minimum Gasteiger partial charge on any atom is -0.484 e. The zero-order valence-corrected chi connectivity index (χ0v) is 16.7. The van der Waals surface area contributed by atoms with E-state index in [9.17, 15) is 9.59 Å². The average molecular weight is 430 g/mol. The molecule has 2 amide bonds. The summed E-state index contributed by atoms with van der Waals surface area (Å²) < 4.78 is 6.38. The number of hydrogen-bond acceptors (Lipinski definition) is 4. The molecule has 27 heavy (non-hydrogen) atoms. The smallest absolute Gasteiger partial charge is 0.260 e. The number of nitriles is 1. The van der Waals surface area contributed by atoms with Crippen molar-refractivity contribution in [3.8, 4) is 11.8 Å². The minimum atomic E-state index is -0.307. The van der Waals surface area contributed by atoms with Crippen molar-refractivity contribution in [2.24, 2.45) is 0 Å². The molecule has 0 aliphatic heterocycles. The van der Waals surface area contributed by atoms with Gasteiger partial charge in [-0.2, -0.15) is 5.26 Å². The Balaban J connectivity index is 1.82. The van der Waals surface area contributed by atoms with E-state index in [1.54, 1.807) is 37.4 Å². The van der Waals surface area contributed by atoms with E-state index in [0.29, 0.717) is 17.9 Å². The Kier molecular flexibility index (Phi) is 7.38. The van der Waals surface area contributed by atoms with Gasteiger partial charge in [0.1, 0.15) is 5.75 Å². The molecule has 0 aliphatic carbocycles. The fourth-order valence-electron chi connectivity index (χ4n) is 2.31. The van der Waals surface area contributed by atoms with Crippen LogP contribution < -0.4 is 10.1 Å². The number of halogens is 1. The third kappa shape index (κ3) is 6.42. The normalized spacial score (nSPS) is 10.0. The van der Waals surface area contributed by atoms with Crippen molar-refractivity contribution in [2.75, 3.05) is 25.5 Å². The Morgan fingerprint density at radius 3 is 2.56 bits per heavy atom. The molecule has 2 aromatic rings. The van der Waals surface area contributed by atoms with Crippen LogP contribution in [-0.2, 0) is 16.0 Å². The monoisotopic (exact) mass is 429 g/mol. The summed E-state index contributed by atoms with van der Waals surface area (Å²) in [6.07, 6.45) is 0.328. The highest BCUT2D eigenvalue weighted by Crippen LogP contribution is 2.20. The van der Waals surface area contributed by atoms with Crippen LogP contribution in [0.15, 0.2) is 46.9 Å². The van der Waals surface area contributed by atoms with Crippen LogP contribution >= 0.6 is 15.9 Å². The second-order valence-electron chi connectivity index (χ2n) is 6.02. The standard InChI is InChI=1S/C20H20BrN3O3/c1-14-11-16(21)5-8-18(14)23-19(25)12-24(2)20(26)13-27-17-6-3-15(4-7-17)9-10-22/h3-8,11H,9,12-13H2,1-2H3,(H,23,25). The third-order valence-corrected chi connectivity index (χ3v) is 4.33. The number of nitrogens with zero attached hydrogens (tertiary/aromatic N) is 2. The first-order valence-electron chi connectivity index (χ1n) is 8.27. The van der Waals surface area contributed by atoms with E-state index in [4.69, 9.17) is 10.00 Å².